The molecule has 4 heteroatoms. The number of amides is 1. The summed E-state index contributed by atoms with van der Waals surface area (Å²) in [5, 5.41) is 3.20. The van der Waals surface area contributed by atoms with E-state index in [1.54, 1.807) is 0 Å². The van der Waals surface area contributed by atoms with Gasteiger partial charge in [-0.15, -0.1) is 0 Å². The molecular weight excluding hydrogens is 382 g/mol. The van der Waals surface area contributed by atoms with Crippen molar-refractivity contribution in [2.75, 3.05) is 26.2 Å². The Morgan fingerprint density at radius 2 is 1.42 bits per heavy atom. The van der Waals surface area contributed by atoms with Gasteiger partial charge >= 0.3 is 0 Å². The maximum atomic E-state index is 12.3. The number of hydrogen-bond donors (Lipinski definition) is 1. The fraction of sp³-hybridized carbons (Fsp3) is 0.519. The molecule has 0 spiro atoms. The van der Waals surface area contributed by atoms with Crippen LogP contribution in [-0.2, 0) is 11.3 Å². The second-order valence-corrected chi connectivity index (χ2v) is 9.66. The van der Waals surface area contributed by atoms with E-state index in [0.29, 0.717) is 18.0 Å². The molecule has 2 aromatic carbocycles. The maximum absolute atomic E-state index is 12.3. The highest BCUT2D eigenvalue weighted by Gasteiger charge is 2.32. The quantitative estimate of drug-likeness (QED) is 0.761. The smallest absolute Gasteiger partial charge is 0.223 e. The lowest BCUT2D eigenvalue weighted by Crippen LogP contribution is -2.49. The minimum Gasteiger partial charge on any atom is -0.353 e. The molecule has 2 aliphatic heterocycles. The first-order chi connectivity index (χ1) is 15.2. The van der Waals surface area contributed by atoms with E-state index in [2.05, 4.69) is 69.7 Å². The minimum absolute atomic E-state index is 0.246. The van der Waals surface area contributed by atoms with Crippen LogP contribution >= 0.6 is 0 Å². The van der Waals surface area contributed by atoms with Gasteiger partial charge in [0.25, 0.3) is 0 Å². The lowest BCUT2D eigenvalue weighted by molar-refractivity contribution is -0.126. The highest BCUT2D eigenvalue weighted by molar-refractivity contribution is 5.79. The van der Waals surface area contributed by atoms with E-state index in [1.807, 2.05) is 0 Å². The molecule has 1 amide bonds. The Morgan fingerprint density at radius 1 is 0.774 bits per heavy atom. The largest absolute Gasteiger partial charge is 0.353 e. The van der Waals surface area contributed by atoms with Crippen LogP contribution in [0.1, 0.15) is 44.1 Å². The zero-order valence-corrected chi connectivity index (χ0v) is 18.5. The van der Waals surface area contributed by atoms with Gasteiger partial charge in [0.2, 0.25) is 5.91 Å². The van der Waals surface area contributed by atoms with E-state index in [4.69, 9.17) is 0 Å². The van der Waals surface area contributed by atoms with E-state index >= 15 is 0 Å². The van der Waals surface area contributed by atoms with Crippen molar-refractivity contribution in [1.29, 1.82) is 0 Å². The van der Waals surface area contributed by atoms with Crippen molar-refractivity contribution in [2.45, 2.75) is 57.2 Å². The molecule has 2 aromatic rings. The molecule has 0 atom stereocenters. The summed E-state index contributed by atoms with van der Waals surface area (Å²) in [7, 11) is 0. The van der Waals surface area contributed by atoms with Crippen molar-refractivity contribution in [1.82, 2.24) is 15.1 Å². The normalized spacial score (nSPS) is 21.8. The van der Waals surface area contributed by atoms with Crippen molar-refractivity contribution < 1.29 is 4.79 Å². The Balaban J connectivity index is 1.06. The predicted molar refractivity (Wildman–Crippen MR) is 126 cm³/mol. The Hall–Kier alpha value is -2.17. The summed E-state index contributed by atoms with van der Waals surface area (Å²) in [6.45, 7) is 5.58. The molecule has 31 heavy (non-hydrogen) atoms. The van der Waals surface area contributed by atoms with Crippen LogP contribution in [0.15, 0.2) is 54.6 Å². The van der Waals surface area contributed by atoms with Crippen molar-refractivity contribution in [3.05, 3.63) is 60.2 Å². The fourth-order valence-electron chi connectivity index (χ4n) is 5.21. The van der Waals surface area contributed by atoms with E-state index in [0.717, 1.165) is 32.5 Å². The van der Waals surface area contributed by atoms with Crippen molar-refractivity contribution in [3.63, 3.8) is 0 Å². The molecular formula is C27H35N3O. The van der Waals surface area contributed by atoms with Gasteiger partial charge in [0, 0.05) is 24.5 Å². The molecule has 5 rings (SSSR count). The molecule has 0 radical (unpaired) electrons. The molecule has 0 bridgehead atoms. The average molecular weight is 418 g/mol. The third-order valence-electron chi connectivity index (χ3n) is 7.36. The fourth-order valence-corrected chi connectivity index (χ4v) is 5.21. The van der Waals surface area contributed by atoms with Gasteiger partial charge in [-0.3, -0.25) is 9.69 Å². The maximum Gasteiger partial charge on any atom is 0.223 e. The Morgan fingerprint density at radius 3 is 2.06 bits per heavy atom. The summed E-state index contributed by atoms with van der Waals surface area (Å²) >= 11 is 0. The van der Waals surface area contributed by atoms with Crippen LogP contribution in [0.2, 0.25) is 0 Å². The van der Waals surface area contributed by atoms with Gasteiger partial charge in [-0.1, -0.05) is 54.6 Å². The third-order valence-corrected chi connectivity index (χ3v) is 7.36. The summed E-state index contributed by atoms with van der Waals surface area (Å²) in [5.74, 6) is 0.561. The van der Waals surface area contributed by atoms with Crippen molar-refractivity contribution in [2.24, 2.45) is 5.92 Å². The molecule has 1 saturated carbocycles. The monoisotopic (exact) mass is 417 g/mol. The van der Waals surface area contributed by atoms with Crippen LogP contribution in [-0.4, -0.2) is 54.0 Å². The predicted octanol–water partition coefficient (Wildman–Crippen LogP) is 4.31. The van der Waals surface area contributed by atoms with Gasteiger partial charge in [-0.2, -0.15) is 0 Å². The minimum atomic E-state index is 0.246. The van der Waals surface area contributed by atoms with Crippen molar-refractivity contribution in [3.8, 4) is 11.1 Å². The molecule has 3 aliphatic rings. The first-order valence-corrected chi connectivity index (χ1v) is 12.2. The van der Waals surface area contributed by atoms with Gasteiger partial charge in [0.05, 0.1) is 0 Å². The molecule has 0 unspecified atom stereocenters. The van der Waals surface area contributed by atoms with Crippen LogP contribution < -0.4 is 5.32 Å². The average Bonchev–Trinajstić information content (AvgIpc) is 3.65. The van der Waals surface area contributed by atoms with Crippen LogP contribution in [0, 0.1) is 5.92 Å². The van der Waals surface area contributed by atoms with Gasteiger partial charge < -0.3 is 10.2 Å². The summed E-state index contributed by atoms with van der Waals surface area (Å²) in [6.07, 6.45) is 6.93. The zero-order chi connectivity index (χ0) is 21.0. The van der Waals surface area contributed by atoms with Gasteiger partial charge in [-0.05, 0) is 81.4 Å². The van der Waals surface area contributed by atoms with E-state index in [1.165, 1.54) is 55.5 Å². The van der Waals surface area contributed by atoms with Gasteiger partial charge in [-0.25, -0.2) is 0 Å². The number of piperidine rings is 2. The van der Waals surface area contributed by atoms with E-state index < -0.39 is 0 Å². The molecule has 2 saturated heterocycles. The van der Waals surface area contributed by atoms with Gasteiger partial charge in [0.15, 0.2) is 0 Å². The lowest BCUT2D eigenvalue weighted by Gasteiger charge is -2.41. The topological polar surface area (TPSA) is 35.6 Å². The molecule has 164 valence electrons. The first kappa shape index (κ1) is 20.7. The van der Waals surface area contributed by atoms with Crippen molar-refractivity contribution >= 4 is 5.91 Å². The number of nitrogens with one attached hydrogen (secondary N) is 1. The highest BCUT2D eigenvalue weighted by Crippen LogP contribution is 2.27. The zero-order valence-electron chi connectivity index (χ0n) is 18.5. The third kappa shape index (κ3) is 5.36. The van der Waals surface area contributed by atoms with Crippen LogP contribution in [0.25, 0.3) is 11.1 Å². The Kier molecular flexibility index (Phi) is 6.37. The summed E-state index contributed by atoms with van der Waals surface area (Å²) in [6, 6.07) is 20.9. The van der Waals surface area contributed by atoms with Crippen LogP contribution in [0.5, 0.6) is 0 Å². The number of rotatable bonds is 6. The Bertz CT molecular complexity index is 846. The number of carbonyl (C=O) groups excluding carboxylic acids is 1. The lowest BCUT2D eigenvalue weighted by atomic mass is 9.92. The number of nitrogens with zero attached hydrogens (tertiary/aromatic N) is 2. The standard InChI is InChI=1S/C27H35N3O/c31-27(28-25-10-11-25)24-12-18-30(19-13-24)26-14-16-29(17-15-26)20-21-6-8-23(9-7-21)22-4-2-1-3-5-22/h1-9,24-26H,10-20H2,(H,28,31). The van der Waals surface area contributed by atoms with Gasteiger partial charge in [0.1, 0.15) is 0 Å². The SMILES string of the molecule is O=C(NC1CC1)C1CCN(C2CCN(Cc3ccc(-c4ccccc4)cc3)CC2)CC1. The summed E-state index contributed by atoms with van der Waals surface area (Å²) in [5.41, 5.74) is 3.97. The molecule has 1 N–H and O–H groups in total. The molecule has 2 heterocycles. The summed E-state index contributed by atoms with van der Waals surface area (Å²) < 4.78 is 0. The molecule has 1 aliphatic carbocycles. The first-order valence-electron chi connectivity index (χ1n) is 12.2. The highest BCUT2D eigenvalue weighted by atomic mass is 16.2. The summed E-state index contributed by atoms with van der Waals surface area (Å²) in [4.78, 5) is 17.6. The van der Waals surface area contributed by atoms with Crippen LogP contribution in [0.4, 0.5) is 0 Å². The number of likely N-dealkylation sites (tertiary alicyclic amines) is 2. The van der Waals surface area contributed by atoms with E-state index in [-0.39, 0.29) is 5.92 Å². The number of carbonyl (C=O) groups is 1. The second kappa shape index (κ2) is 9.54. The molecule has 3 fully saturated rings. The molecule has 4 nitrogen and oxygen atoms in total. The molecule has 0 aromatic heterocycles. The Labute approximate surface area is 186 Å². The second-order valence-electron chi connectivity index (χ2n) is 9.66. The number of benzene rings is 2. The van der Waals surface area contributed by atoms with E-state index in [9.17, 15) is 4.79 Å². The van der Waals surface area contributed by atoms with Crippen LogP contribution in [0.3, 0.4) is 0 Å². The number of hydrogen-bond acceptors (Lipinski definition) is 3.